The number of aliphatic hydroxyl groups excluding tert-OH is 2. The molecular formula is C29H32O12. The summed E-state index contributed by atoms with van der Waals surface area (Å²) in [7, 11) is 0. The molecule has 1 fully saturated rings. The van der Waals surface area contributed by atoms with E-state index in [1.807, 2.05) is 13.8 Å². The molecule has 2 heterocycles. The fourth-order valence-electron chi connectivity index (χ4n) is 4.26. The van der Waals surface area contributed by atoms with E-state index in [4.69, 9.17) is 28.5 Å². The summed E-state index contributed by atoms with van der Waals surface area (Å²) in [5.41, 5.74) is 0.785. The molecule has 0 amide bonds. The van der Waals surface area contributed by atoms with Crippen LogP contribution in [-0.2, 0) is 23.8 Å². The van der Waals surface area contributed by atoms with Crippen LogP contribution in [0.2, 0.25) is 0 Å². The molecule has 1 saturated heterocycles. The van der Waals surface area contributed by atoms with E-state index in [0.29, 0.717) is 23.5 Å². The fraction of sp³-hybridized carbons (Fsp3) is 0.414. The van der Waals surface area contributed by atoms with E-state index >= 15 is 0 Å². The van der Waals surface area contributed by atoms with E-state index in [-0.39, 0.29) is 34.5 Å². The highest BCUT2D eigenvalue weighted by atomic mass is 16.7. The quantitative estimate of drug-likeness (QED) is 0.195. The number of carboxylic acids is 1. The van der Waals surface area contributed by atoms with Crippen molar-refractivity contribution in [1.29, 1.82) is 0 Å². The van der Waals surface area contributed by atoms with Gasteiger partial charge in [0.25, 0.3) is 0 Å². The lowest BCUT2D eigenvalue weighted by Gasteiger charge is -2.42. The van der Waals surface area contributed by atoms with E-state index in [2.05, 4.69) is 0 Å². The van der Waals surface area contributed by atoms with E-state index < -0.39 is 55.7 Å². The Bertz CT molecular complexity index is 1410. The molecule has 4 rings (SSSR count). The lowest BCUT2D eigenvalue weighted by molar-refractivity contribution is -0.288. The highest BCUT2D eigenvalue weighted by Crippen LogP contribution is 2.29. The normalized spacial score (nSPS) is 22.5. The zero-order valence-electron chi connectivity index (χ0n) is 22.5. The number of carbonyl (C=O) groups is 2. The number of aromatic hydroxyl groups is 1. The Morgan fingerprint density at radius 1 is 1.05 bits per heavy atom. The van der Waals surface area contributed by atoms with Crippen LogP contribution in [-0.4, -0.2) is 76.3 Å². The summed E-state index contributed by atoms with van der Waals surface area (Å²) in [6, 6.07) is 10.6. The third-order valence-corrected chi connectivity index (χ3v) is 6.53. The highest BCUT2D eigenvalue weighted by molar-refractivity contribution is 5.90. The molecule has 1 aliphatic rings. The molecule has 1 aliphatic heterocycles. The van der Waals surface area contributed by atoms with Gasteiger partial charge in [-0.2, -0.15) is 0 Å². The van der Waals surface area contributed by atoms with Crippen molar-refractivity contribution in [2.75, 3.05) is 13.2 Å². The summed E-state index contributed by atoms with van der Waals surface area (Å²) >= 11 is 0. The van der Waals surface area contributed by atoms with Crippen LogP contribution in [0.15, 0.2) is 57.9 Å². The minimum absolute atomic E-state index is 0.0652. The minimum atomic E-state index is -1.52. The number of phenols is 1. The molecule has 5 atom stereocenters. The Balaban J connectivity index is 1.56. The Kier molecular flexibility index (Phi) is 9.61. The van der Waals surface area contributed by atoms with Crippen LogP contribution in [0.25, 0.3) is 22.1 Å². The van der Waals surface area contributed by atoms with Crippen LogP contribution >= 0.6 is 0 Å². The first-order valence-corrected chi connectivity index (χ1v) is 13.1. The predicted octanol–water partition coefficient (Wildman–Crippen LogP) is 2.44. The smallest absolute Gasteiger partial charge is 0.317 e. The zero-order chi connectivity index (χ0) is 29.7. The number of benzene rings is 2. The van der Waals surface area contributed by atoms with Gasteiger partial charge < -0.3 is 43.8 Å². The second-order valence-corrected chi connectivity index (χ2v) is 10.1. The van der Waals surface area contributed by atoms with Gasteiger partial charge in [-0.15, -0.1) is 0 Å². The molecule has 41 heavy (non-hydrogen) atoms. The number of esters is 1. The average Bonchev–Trinajstić information content (AvgIpc) is 2.92. The monoisotopic (exact) mass is 572 g/mol. The molecule has 0 aliphatic carbocycles. The second kappa shape index (κ2) is 13.1. The Morgan fingerprint density at radius 3 is 2.46 bits per heavy atom. The minimum Gasteiger partial charge on any atom is -0.508 e. The van der Waals surface area contributed by atoms with Gasteiger partial charge in [0.2, 0.25) is 6.29 Å². The molecule has 1 aromatic heterocycles. The lowest BCUT2D eigenvalue weighted by Crippen LogP contribution is -2.61. The van der Waals surface area contributed by atoms with Gasteiger partial charge in [-0.25, -0.2) is 0 Å². The Labute approximate surface area is 234 Å². The second-order valence-electron chi connectivity index (χ2n) is 10.1. The standard InChI is InChI=1S/C29H32O12/c1-15(2)9-10-37-28-27(36)26(35)22(14-39-24(33)12-23(31)32)41-29(28)40-18-7-8-19-21(11-18)38-13-20(25(19)34)16-3-5-17(30)6-4-16/h3-8,11,13,15,22,26-30,35-36H,9-10,12,14H2,1-2H3,(H,31,32). The van der Waals surface area contributed by atoms with Gasteiger partial charge in [0.1, 0.15) is 60.8 Å². The van der Waals surface area contributed by atoms with Gasteiger partial charge in [-0.05, 0) is 42.2 Å². The number of hydrogen-bond donors (Lipinski definition) is 4. The molecule has 0 spiro atoms. The zero-order valence-corrected chi connectivity index (χ0v) is 22.5. The van der Waals surface area contributed by atoms with E-state index in [1.54, 1.807) is 12.1 Å². The van der Waals surface area contributed by atoms with Gasteiger partial charge in [-0.1, -0.05) is 26.0 Å². The van der Waals surface area contributed by atoms with Gasteiger partial charge in [0, 0.05) is 12.7 Å². The lowest BCUT2D eigenvalue weighted by atomic mass is 9.99. The summed E-state index contributed by atoms with van der Waals surface area (Å²) in [6.45, 7) is 3.70. The molecular weight excluding hydrogens is 540 g/mol. The van der Waals surface area contributed by atoms with Crippen LogP contribution in [0.3, 0.4) is 0 Å². The number of aliphatic carboxylic acids is 1. The number of rotatable bonds is 11. The third-order valence-electron chi connectivity index (χ3n) is 6.53. The molecule has 5 unspecified atom stereocenters. The topological polar surface area (TPSA) is 182 Å². The number of ether oxygens (including phenoxy) is 4. The average molecular weight is 573 g/mol. The van der Waals surface area contributed by atoms with Crippen molar-refractivity contribution in [2.45, 2.75) is 57.4 Å². The number of hydrogen-bond acceptors (Lipinski definition) is 11. The van der Waals surface area contributed by atoms with E-state index in [0.717, 1.165) is 0 Å². The van der Waals surface area contributed by atoms with Gasteiger partial charge >= 0.3 is 11.9 Å². The van der Waals surface area contributed by atoms with Crippen LogP contribution in [0.5, 0.6) is 11.5 Å². The van der Waals surface area contributed by atoms with Crippen molar-refractivity contribution in [3.05, 3.63) is 59.0 Å². The fourth-order valence-corrected chi connectivity index (χ4v) is 4.26. The van der Waals surface area contributed by atoms with Crippen LogP contribution in [0, 0.1) is 5.92 Å². The van der Waals surface area contributed by atoms with Crippen LogP contribution in [0.4, 0.5) is 0 Å². The summed E-state index contributed by atoms with van der Waals surface area (Å²) < 4.78 is 28.2. The van der Waals surface area contributed by atoms with E-state index in [1.165, 1.54) is 36.6 Å². The molecule has 12 nitrogen and oxygen atoms in total. The molecule has 2 aromatic carbocycles. The highest BCUT2D eigenvalue weighted by Gasteiger charge is 2.47. The molecule has 0 saturated carbocycles. The first-order chi connectivity index (χ1) is 19.5. The van der Waals surface area contributed by atoms with Crippen molar-refractivity contribution in [3.63, 3.8) is 0 Å². The maximum atomic E-state index is 13.1. The Hall–Kier alpha value is -3.97. The van der Waals surface area contributed by atoms with Crippen molar-refractivity contribution >= 4 is 22.9 Å². The number of carboxylic acid groups (broad SMARTS) is 1. The number of carbonyl (C=O) groups excluding carboxylic acids is 1. The maximum absolute atomic E-state index is 13.1. The number of phenolic OH excluding ortho intramolecular Hbond substituents is 1. The SMILES string of the molecule is CC(C)CCOC1C(Oc2ccc3c(=O)c(-c4ccc(O)cc4)coc3c2)OC(COC(=O)CC(=O)O)C(O)C1O. The van der Waals surface area contributed by atoms with Crippen LogP contribution in [0.1, 0.15) is 26.7 Å². The first kappa shape index (κ1) is 30.0. The van der Waals surface area contributed by atoms with Crippen molar-refractivity contribution in [2.24, 2.45) is 5.92 Å². The molecule has 0 bridgehead atoms. The van der Waals surface area contributed by atoms with Crippen LogP contribution < -0.4 is 10.2 Å². The number of aliphatic hydroxyl groups is 2. The summed E-state index contributed by atoms with van der Waals surface area (Å²) in [5.74, 6) is -1.84. The molecule has 220 valence electrons. The summed E-state index contributed by atoms with van der Waals surface area (Å²) in [4.78, 5) is 35.6. The van der Waals surface area contributed by atoms with Gasteiger partial charge in [0.05, 0.1) is 10.9 Å². The largest absolute Gasteiger partial charge is 0.508 e. The van der Waals surface area contributed by atoms with Crippen molar-refractivity contribution in [3.8, 4) is 22.6 Å². The summed E-state index contributed by atoms with van der Waals surface area (Å²) in [5, 5.41) is 40.0. The predicted molar refractivity (Wildman–Crippen MR) is 143 cm³/mol. The van der Waals surface area contributed by atoms with Crippen molar-refractivity contribution < 1.29 is 53.4 Å². The van der Waals surface area contributed by atoms with Gasteiger partial charge in [-0.3, -0.25) is 14.4 Å². The van der Waals surface area contributed by atoms with Gasteiger partial charge in [0.15, 0.2) is 5.43 Å². The Morgan fingerprint density at radius 2 is 1.78 bits per heavy atom. The first-order valence-electron chi connectivity index (χ1n) is 13.1. The maximum Gasteiger partial charge on any atom is 0.317 e. The van der Waals surface area contributed by atoms with Crippen molar-refractivity contribution in [1.82, 2.24) is 0 Å². The number of fused-ring (bicyclic) bond motifs is 1. The third kappa shape index (κ3) is 7.41. The molecule has 0 radical (unpaired) electrons. The van der Waals surface area contributed by atoms with E-state index in [9.17, 15) is 29.7 Å². The molecule has 3 aromatic rings. The molecule has 4 N–H and O–H groups in total. The molecule has 12 heteroatoms. The summed E-state index contributed by atoms with van der Waals surface area (Å²) in [6.07, 6.45) is -5.57.